The Hall–Kier alpha value is -1.01. The summed E-state index contributed by atoms with van der Waals surface area (Å²) < 4.78 is 27.7. The summed E-state index contributed by atoms with van der Waals surface area (Å²) in [6.45, 7) is 0.204. The SMILES string of the molecule is NC/C=C/CNC(=O)CCOCC(F)F. The lowest BCUT2D eigenvalue weighted by molar-refractivity contribution is -0.122. The molecule has 0 aliphatic carbocycles. The fourth-order valence-electron chi connectivity index (χ4n) is 0.778. The van der Waals surface area contributed by atoms with E-state index in [9.17, 15) is 13.6 Å². The molecular weight excluding hydrogens is 206 g/mol. The number of nitrogens with two attached hydrogens (primary N) is 1. The molecule has 0 unspecified atom stereocenters. The van der Waals surface area contributed by atoms with Gasteiger partial charge in [0, 0.05) is 19.5 Å². The maximum absolute atomic E-state index is 11.6. The maximum Gasteiger partial charge on any atom is 0.261 e. The minimum absolute atomic E-state index is 0.0107. The van der Waals surface area contributed by atoms with E-state index < -0.39 is 13.0 Å². The highest BCUT2D eigenvalue weighted by Crippen LogP contribution is 1.93. The molecular formula is C9H16F2N2O2. The normalized spacial score (nSPS) is 11.2. The van der Waals surface area contributed by atoms with Gasteiger partial charge >= 0.3 is 0 Å². The van der Waals surface area contributed by atoms with Gasteiger partial charge in [-0.2, -0.15) is 0 Å². The Morgan fingerprint density at radius 1 is 1.47 bits per heavy atom. The average molecular weight is 222 g/mol. The molecule has 0 saturated carbocycles. The van der Waals surface area contributed by atoms with Crippen molar-refractivity contribution in [3.05, 3.63) is 12.2 Å². The Kier molecular flexibility index (Phi) is 8.90. The van der Waals surface area contributed by atoms with Crippen LogP contribution in [0.5, 0.6) is 0 Å². The first kappa shape index (κ1) is 14.0. The second-order valence-electron chi connectivity index (χ2n) is 2.73. The number of carbonyl (C=O) groups excluding carboxylic acids is 1. The smallest absolute Gasteiger partial charge is 0.261 e. The number of hydrogen-bond donors (Lipinski definition) is 2. The average Bonchev–Trinajstić information content (AvgIpc) is 2.19. The van der Waals surface area contributed by atoms with Crippen LogP contribution in [0.2, 0.25) is 0 Å². The van der Waals surface area contributed by atoms with Crippen LogP contribution in [0.3, 0.4) is 0 Å². The van der Waals surface area contributed by atoms with Gasteiger partial charge in [-0.3, -0.25) is 4.79 Å². The van der Waals surface area contributed by atoms with Gasteiger partial charge in [0.1, 0.15) is 6.61 Å². The second-order valence-corrected chi connectivity index (χ2v) is 2.73. The first-order valence-electron chi connectivity index (χ1n) is 4.64. The molecule has 0 fully saturated rings. The fraction of sp³-hybridized carbons (Fsp3) is 0.667. The Balaban J connectivity index is 3.30. The third-order valence-electron chi connectivity index (χ3n) is 1.44. The highest BCUT2D eigenvalue weighted by molar-refractivity contribution is 5.76. The lowest BCUT2D eigenvalue weighted by Gasteiger charge is -2.03. The van der Waals surface area contributed by atoms with Crippen molar-refractivity contribution in [3.8, 4) is 0 Å². The van der Waals surface area contributed by atoms with E-state index in [1.807, 2.05) is 0 Å². The molecule has 4 nitrogen and oxygen atoms in total. The molecule has 0 aliphatic heterocycles. The fourth-order valence-corrected chi connectivity index (χ4v) is 0.778. The van der Waals surface area contributed by atoms with E-state index in [0.29, 0.717) is 13.1 Å². The number of amides is 1. The number of halogens is 2. The molecule has 0 heterocycles. The molecule has 0 aromatic carbocycles. The van der Waals surface area contributed by atoms with E-state index in [1.165, 1.54) is 0 Å². The lowest BCUT2D eigenvalue weighted by Crippen LogP contribution is -2.24. The highest BCUT2D eigenvalue weighted by atomic mass is 19.3. The number of rotatable bonds is 8. The molecule has 0 rings (SSSR count). The summed E-state index contributed by atoms with van der Waals surface area (Å²) in [5.41, 5.74) is 5.18. The number of hydrogen-bond acceptors (Lipinski definition) is 3. The van der Waals surface area contributed by atoms with Gasteiger partial charge in [-0.1, -0.05) is 12.2 Å². The van der Waals surface area contributed by atoms with Crippen molar-refractivity contribution in [2.24, 2.45) is 5.73 Å². The molecule has 0 aliphatic rings. The van der Waals surface area contributed by atoms with Gasteiger partial charge in [-0.05, 0) is 0 Å². The van der Waals surface area contributed by atoms with Gasteiger partial charge in [0.05, 0.1) is 6.61 Å². The van der Waals surface area contributed by atoms with Crippen molar-refractivity contribution in [1.82, 2.24) is 5.32 Å². The molecule has 0 atom stereocenters. The van der Waals surface area contributed by atoms with Crippen molar-refractivity contribution < 1.29 is 18.3 Å². The van der Waals surface area contributed by atoms with Crippen molar-refractivity contribution in [3.63, 3.8) is 0 Å². The summed E-state index contributed by atoms with van der Waals surface area (Å²) in [4.78, 5) is 11.0. The van der Waals surface area contributed by atoms with Crippen molar-refractivity contribution in [2.75, 3.05) is 26.3 Å². The molecule has 1 amide bonds. The van der Waals surface area contributed by atoms with E-state index in [0.717, 1.165) is 0 Å². The minimum atomic E-state index is -2.49. The summed E-state index contributed by atoms with van der Waals surface area (Å²) in [5.74, 6) is -0.231. The van der Waals surface area contributed by atoms with Crippen LogP contribution in [0.25, 0.3) is 0 Å². The number of carbonyl (C=O) groups is 1. The third-order valence-corrected chi connectivity index (χ3v) is 1.44. The zero-order chi connectivity index (χ0) is 11.5. The van der Waals surface area contributed by atoms with Crippen LogP contribution in [0, 0.1) is 0 Å². The van der Waals surface area contributed by atoms with Gasteiger partial charge in [-0.25, -0.2) is 8.78 Å². The molecule has 0 saturated heterocycles. The molecule has 0 aromatic rings. The Labute approximate surface area is 87.5 Å². The molecule has 88 valence electrons. The third kappa shape index (κ3) is 10.9. The van der Waals surface area contributed by atoms with Crippen molar-refractivity contribution in [2.45, 2.75) is 12.8 Å². The van der Waals surface area contributed by atoms with Crippen LogP contribution < -0.4 is 11.1 Å². The predicted molar refractivity (Wildman–Crippen MR) is 52.6 cm³/mol. The van der Waals surface area contributed by atoms with Gasteiger partial charge in [0.2, 0.25) is 5.91 Å². The monoisotopic (exact) mass is 222 g/mol. The Bertz CT molecular complexity index is 199. The molecule has 0 aromatic heterocycles. The van der Waals surface area contributed by atoms with E-state index in [2.05, 4.69) is 10.1 Å². The van der Waals surface area contributed by atoms with Gasteiger partial charge in [-0.15, -0.1) is 0 Å². The molecule has 6 heteroatoms. The van der Waals surface area contributed by atoms with Crippen LogP contribution in [0.4, 0.5) is 8.78 Å². The molecule has 0 bridgehead atoms. The van der Waals surface area contributed by atoms with Crippen LogP contribution in [-0.2, 0) is 9.53 Å². The molecule has 3 N–H and O–H groups in total. The lowest BCUT2D eigenvalue weighted by atomic mass is 10.4. The zero-order valence-electron chi connectivity index (χ0n) is 8.42. The minimum Gasteiger partial charge on any atom is -0.375 e. The molecule has 0 spiro atoms. The molecule has 0 radical (unpaired) electrons. The topological polar surface area (TPSA) is 64.3 Å². The van der Waals surface area contributed by atoms with Gasteiger partial charge < -0.3 is 15.8 Å². The number of nitrogens with one attached hydrogen (secondary N) is 1. The summed E-state index contributed by atoms with van der Waals surface area (Å²) in [6.07, 6.45) is 1.04. The zero-order valence-corrected chi connectivity index (χ0v) is 8.42. The van der Waals surface area contributed by atoms with E-state index in [4.69, 9.17) is 5.73 Å². The van der Waals surface area contributed by atoms with Crippen LogP contribution in [0.1, 0.15) is 6.42 Å². The van der Waals surface area contributed by atoms with E-state index >= 15 is 0 Å². The van der Waals surface area contributed by atoms with Crippen molar-refractivity contribution in [1.29, 1.82) is 0 Å². The van der Waals surface area contributed by atoms with Crippen LogP contribution >= 0.6 is 0 Å². The van der Waals surface area contributed by atoms with Crippen molar-refractivity contribution >= 4 is 5.91 Å². The summed E-state index contributed by atoms with van der Waals surface area (Å²) in [6, 6.07) is 0. The van der Waals surface area contributed by atoms with Crippen LogP contribution in [0.15, 0.2) is 12.2 Å². The van der Waals surface area contributed by atoms with E-state index in [-0.39, 0.29) is 18.9 Å². The van der Waals surface area contributed by atoms with Gasteiger partial charge in [0.25, 0.3) is 6.43 Å². The predicted octanol–water partition coefficient (Wildman–Crippen LogP) is 0.289. The number of alkyl halides is 2. The maximum atomic E-state index is 11.6. The quantitative estimate of drug-likeness (QED) is 0.458. The first-order valence-corrected chi connectivity index (χ1v) is 4.64. The van der Waals surface area contributed by atoms with E-state index in [1.54, 1.807) is 12.2 Å². The standard InChI is InChI=1S/C9H16F2N2O2/c10-8(11)7-15-6-3-9(14)13-5-2-1-4-12/h1-2,8H,3-7,12H2,(H,13,14)/b2-1+. The first-order chi connectivity index (χ1) is 7.16. The Morgan fingerprint density at radius 2 is 2.20 bits per heavy atom. The van der Waals surface area contributed by atoms with Crippen LogP contribution in [-0.4, -0.2) is 38.6 Å². The number of ether oxygens (including phenoxy) is 1. The Morgan fingerprint density at radius 3 is 2.80 bits per heavy atom. The summed E-state index contributed by atoms with van der Waals surface area (Å²) in [7, 11) is 0. The largest absolute Gasteiger partial charge is 0.375 e. The van der Waals surface area contributed by atoms with Gasteiger partial charge in [0.15, 0.2) is 0 Å². The highest BCUT2D eigenvalue weighted by Gasteiger charge is 2.03. The second kappa shape index (κ2) is 9.54. The summed E-state index contributed by atoms with van der Waals surface area (Å²) in [5, 5.41) is 2.56. The molecule has 15 heavy (non-hydrogen) atoms. The summed E-state index contributed by atoms with van der Waals surface area (Å²) >= 11 is 0.